The van der Waals surface area contributed by atoms with E-state index in [0.717, 1.165) is 17.8 Å². The maximum atomic E-state index is 13.2. The van der Waals surface area contributed by atoms with Crippen LogP contribution in [0.4, 0.5) is 14.5 Å². The highest BCUT2D eigenvalue weighted by atomic mass is 19.2. The van der Waals surface area contributed by atoms with E-state index >= 15 is 0 Å². The quantitative estimate of drug-likeness (QED) is 0.282. The number of rotatable bonds is 6. The van der Waals surface area contributed by atoms with Crippen molar-refractivity contribution in [2.45, 2.75) is 19.3 Å². The molecule has 1 aromatic heterocycles. The minimum atomic E-state index is -0.974. The highest BCUT2D eigenvalue weighted by Gasteiger charge is 2.17. The number of aliphatic imine (C=N–C) groups is 1. The van der Waals surface area contributed by atoms with Crippen LogP contribution in [0.5, 0.6) is 0 Å². The summed E-state index contributed by atoms with van der Waals surface area (Å²) in [5, 5.41) is 11.2. The molecule has 0 amide bonds. The lowest BCUT2D eigenvalue weighted by Gasteiger charge is -2.12. The molecular weight excluding hydrogens is 314 g/mol. The van der Waals surface area contributed by atoms with Crippen LogP contribution in [-0.2, 0) is 0 Å². The Labute approximate surface area is 137 Å². The summed E-state index contributed by atoms with van der Waals surface area (Å²) in [4.78, 5) is 7.13. The van der Waals surface area contributed by atoms with E-state index in [2.05, 4.69) is 15.1 Å². The van der Waals surface area contributed by atoms with Gasteiger partial charge in [0.05, 0.1) is 23.3 Å². The van der Waals surface area contributed by atoms with Crippen LogP contribution in [0, 0.1) is 17.0 Å². The average molecular weight is 332 g/mol. The van der Waals surface area contributed by atoms with E-state index in [4.69, 9.17) is 17.0 Å². The van der Waals surface area contributed by atoms with Crippen molar-refractivity contribution < 1.29 is 8.78 Å². The summed E-state index contributed by atoms with van der Waals surface area (Å²) in [5.74, 6) is 3.28. The van der Waals surface area contributed by atoms with Crippen molar-refractivity contribution in [3.8, 4) is 0 Å². The number of halogens is 2. The number of aromatic nitrogens is 1. The van der Waals surface area contributed by atoms with Gasteiger partial charge in [0.1, 0.15) is 5.84 Å². The largest absolute Gasteiger partial charge is 0.382 e. The number of amidine groups is 1. The molecule has 0 fully saturated rings. The fourth-order valence-electron chi connectivity index (χ4n) is 2.28. The van der Waals surface area contributed by atoms with Gasteiger partial charge in [-0.05, 0) is 30.7 Å². The van der Waals surface area contributed by atoms with Crippen LogP contribution in [0.3, 0.4) is 0 Å². The Morgan fingerprint density at radius 1 is 1.29 bits per heavy atom. The number of hydrazone groups is 1. The molecule has 126 valence electrons. The SMILES string of the molecule is CCC(C(C=Nc1ccc(F)c(F)c1)=NN)c1ccc(C(=N)N)[nH]1. The van der Waals surface area contributed by atoms with Gasteiger partial charge in [0.15, 0.2) is 11.6 Å². The average Bonchev–Trinajstić information content (AvgIpc) is 3.04. The van der Waals surface area contributed by atoms with Crippen LogP contribution in [0.2, 0.25) is 0 Å². The number of nitrogens with one attached hydrogen (secondary N) is 2. The molecule has 0 aliphatic carbocycles. The summed E-state index contributed by atoms with van der Waals surface area (Å²) in [7, 11) is 0. The molecular formula is C16H18F2N6. The minimum Gasteiger partial charge on any atom is -0.382 e. The van der Waals surface area contributed by atoms with Crippen molar-refractivity contribution in [3.05, 3.63) is 53.4 Å². The molecule has 1 heterocycles. The summed E-state index contributed by atoms with van der Waals surface area (Å²) >= 11 is 0. The van der Waals surface area contributed by atoms with Crippen molar-refractivity contribution in [3.63, 3.8) is 0 Å². The zero-order valence-electron chi connectivity index (χ0n) is 13.1. The molecule has 0 saturated carbocycles. The molecule has 6 N–H and O–H groups in total. The van der Waals surface area contributed by atoms with Crippen LogP contribution in [0.15, 0.2) is 40.4 Å². The molecule has 1 unspecified atom stereocenters. The van der Waals surface area contributed by atoms with Crippen molar-refractivity contribution in [2.24, 2.45) is 21.7 Å². The first-order chi connectivity index (χ1) is 11.5. The molecule has 6 nitrogen and oxygen atoms in total. The van der Waals surface area contributed by atoms with E-state index in [1.54, 1.807) is 12.1 Å². The number of aromatic amines is 1. The summed E-state index contributed by atoms with van der Waals surface area (Å²) < 4.78 is 26.1. The lowest BCUT2D eigenvalue weighted by molar-refractivity contribution is 0.509. The molecule has 0 saturated heterocycles. The van der Waals surface area contributed by atoms with Gasteiger partial charge in [-0.15, -0.1) is 0 Å². The van der Waals surface area contributed by atoms with Gasteiger partial charge in [-0.1, -0.05) is 6.92 Å². The topological polar surface area (TPSA) is 116 Å². The van der Waals surface area contributed by atoms with Crippen molar-refractivity contribution >= 4 is 23.4 Å². The number of nitrogens with zero attached hydrogens (tertiary/aromatic N) is 2. The van der Waals surface area contributed by atoms with Crippen LogP contribution in [0.25, 0.3) is 0 Å². The monoisotopic (exact) mass is 332 g/mol. The van der Waals surface area contributed by atoms with Crippen LogP contribution < -0.4 is 11.6 Å². The van der Waals surface area contributed by atoms with Gasteiger partial charge < -0.3 is 16.6 Å². The van der Waals surface area contributed by atoms with Crippen LogP contribution in [0.1, 0.15) is 30.7 Å². The third kappa shape index (κ3) is 3.83. The predicted octanol–water partition coefficient (Wildman–Crippen LogP) is 2.79. The highest BCUT2D eigenvalue weighted by Crippen LogP contribution is 2.21. The second kappa shape index (κ2) is 7.49. The van der Waals surface area contributed by atoms with Gasteiger partial charge in [-0.2, -0.15) is 5.10 Å². The van der Waals surface area contributed by atoms with Crippen molar-refractivity contribution in [2.75, 3.05) is 0 Å². The number of H-pyrrole nitrogens is 1. The molecule has 1 aromatic carbocycles. The van der Waals surface area contributed by atoms with Gasteiger partial charge >= 0.3 is 0 Å². The zero-order valence-corrected chi connectivity index (χ0v) is 13.1. The first kappa shape index (κ1) is 17.3. The number of nitrogen functional groups attached to an aromatic ring is 1. The molecule has 0 spiro atoms. The summed E-state index contributed by atoms with van der Waals surface area (Å²) in [6.07, 6.45) is 2.08. The predicted molar refractivity (Wildman–Crippen MR) is 91.0 cm³/mol. The Bertz CT molecular complexity index is 794. The molecule has 0 bridgehead atoms. The molecule has 0 aliphatic rings. The van der Waals surface area contributed by atoms with Gasteiger partial charge in [0.2, 0.25) is 0 Å². The summed E-state index contributed by atoms with van der Waals surface area (Å²) in [6, 6.07) is 6.83. The fraction of sp³-hybridized carbons (Fsp3) is 0.188. The van der Waals surface area contributed by atoms with Crippen molar-refractivity contribution in [1.29, 1.82) is 5.41 Å². The normalized spacial score (nSPS) is 13.4. The highest BCUT2D eigenvalue weighted by molar-refractivity contribution is 6.33. The third-order valence-corrected chi connectivity index (χ3v) is 3.54. The smallest absolute Gasteiger partial charge is 0.160 e. The number of hydrogen-bond acceptors (Lipinski definition) is 4. The Kier molecular flexibility index (Phi) is 5.41. The van der Waals surface area contributed by atoms with E-state index in [-0.39, 0.29) is 17.4 Å². The maximum Gasteiger partial charge on any atom is 0.160 e. The van der Waals surface area contributed by atoms with Crippen molar-refractivity contribution in [1.82, 2.24) is 4.98 Å². The zero-order chi connectivity index (χ0) is 17.7. The molecule has 2 rings (SSSR count). The minimum absolute atomic E-state index is 0.0715. The van der Waals surface area contributed by atoms with Crippen LogP contribution >= 0.6 is 0 Å². The Morgan fingerprint density at radius 2 is 2.04 bits per heavy atom. The Morgan fingerprint density at radius 3 is 2.58 bits per heavy atom. The lowest BCUT2D eigenvalue weighted by Crippen LogP contribution is -2.17. The second-order valence-electron chi connectivity index (χ2n) is 5.11. The van der Waals surface area contributed by atoms with E-state index in [1.165, 1.54) is 12.3 Å². The standard InChI is InChI=1S/C16H18F2N6/c1-2-10(13-5-6-14(23-13)16(19)20)15(24-21)8-22-9-3-4-11(17)12(18)7-9/h3-8,10,23H,2,21H2,1H3,(H3,19,20). The van der Waals surface area contributed by atoms with E-state index in [9.17, 15) is 8.78 Å². The number of benzene rings is 1. The van der Waals surface area contributed by atoms with Gasteiger partial charge in [-0.3, -0.25) is 10.4 Å². The number of nitrogens with two attached hydrogens (primary N) is 2. The molecule has 0 aliphatic heterocycles. The third-order valence-electron chi connectivity index (χ3n) is 3.54. The Hall–Kier alpha value is -3.03. The molecule has 0 radical (unpaired) electrons. The first-order valence-corrected chi connectivity index (χ1v) is 7.26. The Balaban J connectivity index is 2.25. The molecule has 2 aromatic rings. The number of hydrogen-bond donors (Lipinski definition) is 4. The van der Waals surface area contributed by atoms with Crippen LogP contribution in [-0.4, -0.2) is 22.7 Å². The summed E-state index contributed by atoms with van der Waals surface area (Å²) in [6.45, 7) is 1.94. The lowest BCUT2D eigenvalue weighted by atomic mass is 9.97. The van der Waals surface area contributed by atoms with E-state index in [0.29, 0.717) is 17.8 Å². The maximum absolute atomic E-state index is 13.2. The van der Waals surface area contributed by atoms with E-state index in [1.807, 2.05) is 6.92 Å². The van der Waals surface area contributed by atoms with Gasteiger partial charge in [-0.25, -0.2) is 8.78 Å². The first-order valence-electron chi connectivity index (χ1n) is 7.26. The fourth-order valence-corrected chi connectivity index (χ4v) is 2.28. The molecule has 24 heavy (non-hydrogen) atoms. The van der Waals surface area contributed by atoms with Gasteiger partial charge in [0, 0.05) is 17.7 Å². The molecule has 1 atom stereocenters. The molecule has 8 heteroatoms. The summed E-state index contributed by atoms with van der Waals surface area (Å²) in [5.41, 5.74) is 7.43. The van der Waals surface area contributed by atoms with E-state index < -0.39 is 11.6 Å². The second-order valence-corrected chi connectivity index (χ2v) is 5.11. The van der Waals surface area contributed by atoms with Gasteiger partial charge in [0.25, 0.3) is 0 Å².